The molecule has 6 nitrogen and oxygen atoms in total. The molecule has 0 radical (unpaired) electrons. The number of esters is 1. The molecule has 0 rings (SSSR count). The number of hydrogen-bond acceptors (Lipinski definition) is 5. The van der Waals surface area contributed by atoms with Gasteiger partial charge in [-0.3, -0.25) is 9.59 Å². The van der Waals surface area contributed by atoms with Gasteiger partial charge < -0.3 is 20.3 Å². The van der Waals surface area contributed by atoms with Crippen molar-refractivity contribution in [1.29, 1.82) is 0 Å². The molecular weight excluding hydrogens is 767 g/mol. The Kier molecular flexibility index (Phi) is 49.6. The van der Waals surface area contributed by atoms with E-state index in [0.29, 0.717) is 25.9 Å². The van der Waals surface area contributed by atoms with E-state index in [1.165, 1.54) is 141 Å². The molecule has 2 atom stereocenters. The molecule has 362 valence electrons. The average molecular weight is 870 g/mol. The van der Waals surface area contributed by atoms with Gasteiger partial charge in [0.2, 0.25) is 5.91 Å². The van der Waals surface area contributed by atoms with Gasteiger partial charge in [-0.15, -0.1) is 0 Å². The van der Waals surface area contributed by atoms with Gasteiger partial charge in [0.25, 0.3) is 0 Å². The van der Waals surface area contributed by atoms with Crippen molar-refractivity contribution in [3.63, 3.8) is 0 Å². The maximum Gasteiger partial charge on any atom is 0.305 e. The molecule has 0 aromatic rings. The molecule has 3 N–H and O–H groups in total. The minimum absolute atomic E-state index is 0.0308. The quantitative estimate of drug-likeness (QED) is 0.0322. The Balaban J connectivity index is 3.52. The summed E-state index contributed by atoms with van der Waals surface area (Å²) in [6.45, 7) is 4.85. The predicted molar refractivity (Wildman–Crippen MR) is 269 cm³/mol. The first kappa shape index (κ1) is 59.8. The van der Waals surface area contributed by atoms with Crippen molar-refractivity contribution in [2.24, 2.45) is 0 Å². The second-order valence-electron chi connectivity index (χ2n) is 18.2. The van der Waals surface area contributed by atoms with Gasteiger partial charge >= 0.3 is 5.97 Å². The van der Waals surface area contributed by atoms with Gasteiger partial charge in [-0.25, -0.2) is 0 Å². The second-order valence-corrected chi connectivity index (χ2v) is 18.2. The summed E-state index contributed by atoms with van der Waals surface area (Å²) >= 11 is 0. The Morgan fingerprint density at radius 3 is 1.27 bits per heavy atom. The number of aliphatic hydroxyl groups excluding tert-OH is 2. The van der Waals surface area contributed by atoms with Gasteiger partial charge in [0.05, 0.1) is 25.4 Å². The van der Waals surface area contributed by atoms with E-state index in [4.69, 9.17) is 4.74 Å². The summed E-state index contributed by atoms with van der Waals surface area (Å²) in [7, 11) is 0. The Morgan fingerprint density at radius 1 is 0.452 bits per heavy atom. The first-order valence-electron chi connectivity index (χ1n) is 26.9. The average Bonchev–Trinajstić information content (AvgIpc) is 3.27. The van der Waals surface area contributed by atoms with Gasteiger partial charge in [0, 0.05) is 12.8 Å². The van der Waals surface area contributed by atoms with Crippen molar-refractivity contribution in [3.05, 3.63) is 48.6 Å². The van der Waals surface area contributed by atoms with Gasteiger partial charge in [-0.05, 0) is 89.9 Å². The highest BCUT2D eigenvalue weighted by Crippen LogP contribution is 2.16. The van der Waals surface area contributed by atoms with E-state index in [1.54, 1.807) is 0 Å². The highest BCUT2D eigenvalue weighted by molar-refractivity contribution is 5.76. The van der Waals surface area contributed by atoms with Crippen LogP contribution < -0.4 is 5.32 Å². The van der Waals surface area contributed by atoms with Crippen LogP contribution in [-0.2, 0) is 14.3 Å². The van der Waals surface area contributed by atoms with Gasteiger partial charge in [0.15, 0.2) is 0 Å². The molecule has 0 spiro atoms. The van der Waals surface area contributed by atoms with Crippen LogP contribution in [0.1, 0.15) is 271 Å². The van der Waals surface area contributed by atoms with Gasteiger partial charge in [0.1, 0.15) is 0 Å². The first-order chi connectivity index (χ1) is 30.5. The fourth-order valence-corrected chi connectivity index (χ4v) is 7.92. The lowest BCUT2D eigenvalue weighted by molar-refractivity contribution is -0.143. The molecule has 0 aliphatic carbocycles. The lowest BCUT2D eigenvalue weighted by Crippen LogP contribution is -2.45. The monoisotopic (exact) mass is 870 g/mol. The molecule has 0 aromatic heterocycles. The molecule has 6 heteroatoms. The summed E-state index contributed by atoms with van der Waals surface area (Å²) < 4.78 is 5.43. The van der Waals surface area contributed by atoms with Crippen molar-refractivity contribution < 1.29 is 24.5 Å². The van der Waals surface area contributed by atoms with Crippen LogP contribution in [0, 0.1) is 0 Å². The summed E-state index contributed by atoms with van der Waals surface area (Å²) in [5, 5.41) is 23.2. The topological polar surface area (TPSA) is 95.9 Å². The zero-order valence-corrected chi connectivity index (χ0v) is 41.1. The van der Waals surface area contributed by atoms with E-state index in [0.717, 1.165) is 96.3 Å². The Morgan fingerprint density at radius 2 is 0.823 bits per heavy atom. The van der Waals surface area contributed by atoms with Crippen LogP contribution in [0.2, 0.25) is 0 Å². The number of rotatable bonds is 49. The Hall–Kier alpha value is -2.18. The van der Waals surface area contributed by atoms with Crippen LogP contribution in [0.4, 0.5) is 0 Å². The van der Waals surface area contributed by atoms with Crippen molar-refractivity contribution in [3.8, 4) is 0 Å². The van der Waals surface area contributed by atoms with E-state index in [9.17, 15) is 19.8 Å². The Labute approximate surface area is 385 Å². The highest BCUT2D eigenvalue weighted by atomic mass is 16.5. The maximum absolute atomic E-state index is 12.4. The molecule has 0 saturated heterocycles. The van der Waals surface area contributed by atoms with Crippen LogP contribution >= 0.6 is 0 Å². The van der Waals surface area contributed by atoms with Crippen LogP contribution in [0.25, 0.3) is 0 Å². The van der Waals surface area contributed by atoms with E-state index in [1.807, 2.05) is 0 Å². The summed E-state index contributed by atoms with van der Waals surface area (Å²) in [6, 6.07) is -0.554. The lowest BCUT2D eigenvalue weighted by Gasteiger charge is -2.22. The summed E-state index contributed by atoms with van der Waals surface area (Å²) in [5.74, 6) is -0.0831. The minimum Gasteiger partial charge on any atom is -0.466 e. The summed E-state index contributed by atoms with van der Waals surface area (Å²) in [5.41, 5.74) is 0. The van der Waals surface area contributed by atoms with Gasteiger partial charge in [-0.2, -0.15) is 0 Å². The molecule has 0 aromatic carbocycles. The number of nitrogens with one attached hydrogen (secondary N) is 1. The zero-order valence-electron chi connectivity index (χ0n) is 41.1. The van der Waals surface area contributed by atoms with E-state index >= 15 is 0 Å². The fraction of sp³-hybridized carbons (Fsp3) is 0.821. The van der Waals surface area contributed by atoms with E-state index in [-0.39, 0.29) is 18.5 Å². The fourth-order valence-electron chi connectivity index (χ4n) is 7.92. The van der Waals surface area contributed by atoms with Crippen molar-refractivity contribution >= 4 is 11.9 Å². The maximum atomic E-state index is 12.4. The second kappa shape index (κ2) is 51.5. The number of carbonyl (C=O) groups excluding carboxylic acids is 2. The largest absolute Gasteiger partial charge is 0.466 e. The molecule has 0 fully saturated rings. The third-order valence-electron chi connectivity index (χ3n) is 12.1. The zero-order chi connectivity index (χ0) is 45.1. The number of ether oxygens (including phenoxy) is 1. The number of carbonyl (C=O) groups is 2. The van der Waals surface area contributed by atoms with Gasteiger partial charge in [-0.1, -0.05) is 217 Å². The van der Waals surface area contributed by atoms with E-state index in [2.05, 4.69) is 67.8 Å². The third kappa shape index (κ3) is 47.3. The SMILES string of the molecule is CCCC/C=C\C/C=C\CCCCCCCC(=O)OCCCCC/C=C\C/C=C\CCCCCCCCCC(=O)NC(CO)C(O)CCCCCCCCCCCCCCCC. The minimum atomic E-state index is -0.675. The number of amides is 1. The molecule has 0 aliphatic rings. The predicted octanol–water partition coefficient (Wildman–Crippen LogP) is 16.2. The molecule has 1 amide bonds. The third-order valence-corrected chi connectivity index (χ3v) is 12.1. The van der Waals surface area contributed by atoms with Crippen LogP contribution in [0.15, 0.2) is 48.6 Å². The van der Waals surface area contributed by atoms with E-state index < -0.39 is 12.1 Å². The number of unbranched alkanes of at least 4 members (excludes halogenated alkanes) is 30. The number of hydrogen-bond donors (Lipinski definition) is 3. The molecule has 0 heterocycles. The molecule has 0 bridgehead atoms. The molecule has 0 aliphatic heterocycles. The summed E-state index contributed by atoms with van der Waals surface area (Å²) in [6.07, 6.45) is 63.7. The smallest absolute Gasteiger partial charge is 0.305 e. The van der Waals surface area contributed by atoms with Crippen LogP contribution in [0.3, 0.4) is 0 Å². The van der Waals surface area contributed by atoms with Crippen LogP contribution in [-0.4, -0.2) is 47.4 Å². The first-order valence-corrected chi connectivity index (χ1v) is 26.9. The van der Waals surface area contributed by atoms with Crippen molar-refractivity contribution in [2.45, 2.75) is 283 Å². The molecule has 0 saturated carbocycles. The van der Waals surface area contributed by atoms with Crippen molar-refractivity contribution in [1.82, 2.24) is 5.32 Å². The number of aliphatic hydroxyl groups is 2. The van der Waals surface area contributed by atoms with Crippen LogP contribution in [0.5, 0.6) is 0 Å². The highest BCUT2D eigenvalue weighted by Gasteiger charge is 2.20. The number of allylic oxidation sites excluding steroid dienone is 8. The molecule has 62 heavy (non-hydrogen) atoms. The standard InChI is InChI=1S/C56H103NO5/c1-3-5-7-9-11-13-15-17-24-28-32-36-40-44-48-54(59)53(52-58)57-55(60)49-45-41-37-33-29-25-22-20-19-21-23-27-31-35-39-43-47-51-62-56(61)50-46-42-38-34-30-26-18-16-14-12-10-8-6-4-2/h10,12,16,18-19,21,27,31,53-54,58-59H,3-9,11,13-15,17,20,22-26,28-30,32-52H2,1-2H3,(H,57,60)/b12-10-,18-16-,21-19-,31-27-. The normalized spacial score (nSPS) is 13.0. The lowest BCUT2D eigenvalue weighted by atomic mass is 10.0. The molecular formula is C56H103NO5. The Bertz CT molecular complexity index is 1050. The summed E-state index contributed by atoms with van der Waals surface area (Å²) in [4.78, 5) is 24.4. The van der Waals surface area contributed by atoms with Crippen molar-refractivity contribution in [2.75, 3.05) is 13.2 Å². The molecule has 2 unspecified atom stereocenters.